The number of thiazole rings is 1. The molecule has 0 atom stereocenters. The summed E-state index contributed by atoms with van der Waals surface area (Å²) in [5.41, 5.74) is 1.90. The third kappa shape index (κ3) is 4.59. The van der Waals surface area contributed by atoms with Crippen molar-refractivity contribution in [2.45, 2.75) is 0 Å². The van der Waals surface area contributed by atoms with Gasteiger partial charge in [-0.2, -0.15) is 4.98 Å². The van der Waals surface area contributed by atoms with Crippen molar-refractivity contribution in [1.82, 2.24) is 14.9 Å². The van der Waals surface area contributed by atoms with Gasteiger partial charge in [0.15, 0.2) is 10.9 Å². The normalized spacial score (nSPS) is 17.5. The Bertz CT molecular complexity index is 834. The largest absolute Gasteiger partial charge is 0.492 e. The molecule has 0 aliphatic carbocycles. The van der Waals surface area contributed by atoms with Crippen molar-refractivity contribution < 1.29 is 10.2 Å². The number of aliphatic imine (C=N–C) groups is 1. The number of aromatic nitrogens is 2. The molecule has 0 bridgehead atoms. The van der Waals surface area contributed by atoms with Crippen molar-refractivity contribution in [3.8, 4) is 5.88 Å². The summed E-state index contributed by atoms with van der Waals surface area (Å²) in [6.45, 7) is 4.37. The molecule has 2 aromatic rings. The molecule has 0 amide bonds. The smallest absolute Gasteiger partial charge is 0.231 e. The van der Waals surface area contributed by atoms with Crippen LogP contribution in [0.1, 0.15) is 10.4 Å². The van der Waals surface area contributed by atoms with E-state index in [4.69, 9.17) is 5.11 Å². The Hall–Kier alpha value is -1.71. The highest BCUT2D eigenvalue weighted by atomic mass is 35.5. The fraction of sp³-hybridized carbons (Fsp3) is 0.353. The maximum atomic E-state index is 10.2. The van der Waals surface area contributed by atoms with Gasteiger partial charge in [0.05, 0.1) is 11.5 Å². The van der Waals surface area contributed by atoms with Crippen LogP contribution in [0, 0.1) is 0 Å². The molecular formula is C17H21Cl2N5O2S. The molecule has 1 saturated heterocycles. The summed E-state index contributed by atoms with van der Waals surface area (Å²) < 4.78 is 0. The van der Waals surface area contributed by atoms with E-state index < -0.39 is 0 Å². The first-order valence-corrected chi connectivity index (χ1v) is 9.05. The summed E-state index contributed by atoms with van der Waals surface area (Å²) in [7, 11) is 0. The minimum absolute atomic E-state index is 0. The highest BCUT2D eigenvalue weighted by Gasteiger charge is 2.21. The average Bonchev–Trinajstić information content (AvgIpc) is 3.21. The van der Waals surface area contributed by atoms with E-state index >= 15 is 0 Å². The molecule has 27 heavy (non-hydrogen) atoms. The van der Waals surface area contributed by atoms with Gasteiger partial charge < -0.3 is 15.1 Å². The summed E-state index contributed by atoms with van der Waals surface area (Å²) in [5, 5.41) is 20.1. The van der Waals surface area contributed by atoms with Gasteiger partial charge in [-0.3, -0.25) is 4.90 Å². The number of piperazine rings is 1. The van der Waals surface area contributed by atoms with Crippen molar-refractivity contribution in [3.63, 3.8) is 0 Å². The van der Waals surface area contributed by atoms with E-state index in [9.17, 15) is 5.11 Å². The van der Waals surface area contributed by atoms with Crippen LogP contribution < -0.4 is 4.90 Å². The number of aliphatic hydroxyl groups is 1. The number of pyridine rings is 1. The molecule has 0 radical (unpaired) electrons. The van der Waals surface area contributed by atoms with Crippen molar-refractivity contribution >= 4 is 65.0 Å². The molecule has 7 nitrogen and oxygen atoms in total. The molecule has 0 saturated carbocycles. The van der Waals surface area contributed by atoms with Gasteiger partial charge in [-0.05, 0) is 18.2 Å². The van der Waals surface area contributed by atoms with Crippen LogP contribution in [0.4, 0.5) is 10.9 Å². The summed E-state index contributed by atoms with van der Waals surface area (Å²) in [4.78, 5) is 18.0. The Kier molecular flexibility index (Phi) is 7.58. The Balaban J connectivity index is 0.00000131. The van der Waals surface area contributed by atoms with Crippen molar-refractivity contribution in [2.24, 2.45) is 4.99 Å². The molecule has 4 heterocycles. The molecule has 1 fully saturated rings. The topological polar surface area (TPSA) is 85.1 Å². The third-order valence-electron chi connectivity index (χ3n) is 4.39. The van der Waals surface area contributed by atoms with Crippen LogP contribution >= 0.6 is 36.2 Å². The lowest BCUT2D eigenvalue weighted by molar-refractivity contribution is 0.188. The first-order chi connectivity index (χ1) is 12.2. The van der Waals surface area contributed by atoms with Crippen LogP contribution in [0.3, 0.4) is 0 Å². The van der Waals surface area contributed by atoms with E-state index in [1.165, 1.54) is 11.3 Å². The Labute approximate surface area is 173 Å². The van der Waals surface area contributed by atoms with Gasteiger partial charge in [0.2, 0.25) is 5.88 Å². The second kappa shape index (κ2) is 9.48. The highest BCUT2D eigenvalue weighted by molar-refractivity contribution is 7.16. The quantitative estimate of drug-likeness (QED) is 0.776. The molecule has 4 rings (SSSR count). The van der Waals surface area contributed by atoms with Gasteiger partial charge in [-0.25, -0.2) is 9.98 Å². The number of allylic oxidation sites excluding steroid dienone is 1. The van der Waals surface area contributed by atoms with Gasteiger partial charge in [-0.15, -0.1) is 24.8 Å². The van der Waals surface area contributed by atoms with Crippen LogP contribution in [0.25, 0.3) is 11.6 Å². The maximum Gasteiger partial charge on any atom is 0.231 e. The second-order valence-corrected chi connectivity index (χ2v) is 6.98. The predicted molar refractivity (Wildman–Crippen MR) is 114 cm³/mol. The number of fused-ring (bicyclic) bond motifs is 1. The number of anilines is 1. The van der Waals surface area contributed by atoms with Gasteiger partial charge in [-0.1, -0.05) is 11.3 Å². The zero-order valence-electron chi connectivity index (χ0n) is 14.5. The van der Waals surface area contributed by atoms with Gasteiger partial charge in [0.1, 0.15) is 0 Å². The molecule has 2 N–H and O–H groups in total. The number of aromatic hydroxyl groups is 1. The van der Waals surface area contributed by atoms with Gasteiger partial charge >= 0.3 is 0 Å². The first kappa shape index (κ1) is 21.6. The highest BCUT2D eigenvalue weighted by Crippen LogP contribution is 2.36. The van der Waals surface area contributed by atoms with Crippen LogP contribution in [0.15, 0.2) is 23.3 Å². The summed E-state index contributed by atoms with van der Waals surface area (Å²) >= 11 is 1.48. The van der Waals surface area contributed by atoms with Crippen LogP contribution in [0.2, 0.25) is 0 Å². The summed E-state index contributed by atoms with van der Waals surface area (Å²) in [5.74, 6) is 0.758. The second-order valence-electron chi connectivity index (χ2n) is 5.97. The number of hydrogen-bond donors (Lipinski definition) is 2. The Morgan fingerprint density at radius 2 is 1.96 bits per heavy atom. The minimum Gasteiger partial charge on any atom is -0.492 e. The zero-order valence-corrected chi connectivity index (χ0v) is 16.9. The van der Waals surface area contributed by atoms with Gasteiger partial charge in [0, 0.05) is 56.3 Å². The Morgan fingerprint density at radius 1 is 1.19 bits per heavy atom. The average molecular weight is 430 g/mol. The molecule has 146 valence electrons. The lowest BCUT2D eigenvalue weighted by atomic mass is 10.1. The van der Waals surface area contributed by atoms with Crippen molar-refractivity contribution in [1.29, 1.82) is 0 Å². The fourth-order valence-corrected chi connectivity index (χ4v) is 3.99. The molecule has 2 aliphatic rings. The Morgan fingerprint density at radius 3 is 2.70 bits per heavy atom. The number of β-amino-alcohol motifs (C(OH)–C–C–N with tert-alkyl or cyclic N) is 1. The number of hydrogen-bond acceptors (Lipinski definition) is 8. The van der Waals surface area contributed by atoms with Crippen molar-refractivity contribution in [2.75, 3.05) is 44.2 Å². The number of halogens is 2. The lowest BCUT2D eigenvalue weighted by Gasteiger charge is -2.34. The molecule has 2 aromatic heterocycles. The van der Waals surface area contributed by atoms with E-state index in [1.807, 2.05) is 18.2 Å². The SMILES string of the molecule is Cl.Cl.OCCN1CCN(c2nc(O)c(C=C3C=Nc4ncccc43)s2)CC1. The van der Waals surface area contributed by atoms with E-state index in [1.54, 1.807) is 12.4 Å². The standard InChI is InChI=1S/C17H19N5O2S.2ClH/c23-9-8-21-4-6-22(7-5-21)17-20-16(24)14(25-17)10-12-11-19-15-13(12)2-1-3-18-15;;/h1-3,10-11,23-24H,4-9H2;2*1H. The molecular weight excluding hydrogens is 409 g/mol. The van der Waals surface area contributed by atoms with Crippen LogP contribution in [-0.2, 0) is 0 Å². The summed E-state index contributed by atoms with van der Waals surface area (Å²) in [6.07, 6.45) is 5.40. The summed E-state index contributed by atoms with van der Waals surface area (Å²) in [6, 6.07) is 3.85. The molecule has 2 aliphatic heterocycles. The van der Waals surface area contributed by atoms with Crippen LogP contribution in [0.5, 0.6) is 5.88 Å². The van der Waals surface area contributed by atoms with E-state index in [-0.39, 0.29) is 37.3 Å². The fourth-order valence-electron chi connectivity index (χ4n) is 3.03. The number of rotatable bonds is 4. The van der Waals surface area contributed by atoms with Crippen molar-refractivity contribution in [3.05, 3.63) is 28.8 Å². The monoisotopic (exact) mass is 429 g/mol. The number of nitrogens with zero attached hydrogens (tertiary/aromatic N) is 5. The number of aliphatic hydroxyl groups excluding tert-OH is 1. The third-order valence-corrected chi connectivity index (χ3v) is 5.44. The predicted octanol–water partition coefficient (Wildman–Crippen LogP) is 2.46. The van der Waals surface area contributed by atoms with E-state index in [0.717, 1.165) is 47.3 Å². The van der Waals surface area contributed by atoms with E-state index in [2.05, 4.69) is 24.8 Å². The molecule has 0 aromatic carbocycles. The molecule has 0 unspecified atom stereocenters. The minimum atomic E-state index is 0. The van der Waals surface area contributed by atoms with Gasteiger partial charge in [0.25, 0.3) is 0 Å². The first-order valence-electron chi connectivity index (χ1n) is 8.24. The maximum absolute atomic E-state index is 10.2. The van der Waals surface area contributed by atoms with Crippen LogP contribution in [-0.4, -0.2) is 70.6 Å². The molecule has 0 spiro atoms. The molecule has 10 heteroatoms. The lowest BCUT2D eigenvalue weighted by Crippen LogP contribution is -2.47. The van der Waals surface area contributed by atoms with E-state index in [0.29, 0.717) is 12.4 Å². The zero-order chi connectivity index (χ0) is 17.2.